The van der Waals surface area contributed by atoms with E-state index in [4.69, 9.17) is 4.74 Å². The van der Waals surface area contributed by atoms with E-state index in [0.717, 1.165) is 37.8 Å². The Morgan fingerprint density at radius 1 is 0.914 bits per heavy atom. The first-order valence-electron chi connectivity index (χ1n) is 12.0. The summed E-state index contributed by atoms with van der Waals surface area (Å²) < 4.78 is 9.51. The number of benzene rings is 2. The Labute approximate surface area is 207 Å². The Bertz CT molecular complexity index is 1000. The Kier molecular flexibility index (Phi) is 10.2. The molecule has 3 heterocycles. The van der Waals surface area contributed by atoms with Crippen LogP contribution in [-0.4, -0.2) is 42.4 Å². The molecule has 3 aliphatic heterocycles. The molecule has 2 atom stereocenters. The molecule has 0 aromatic heterocycles. The first kappa shape index (κ1) is 25.8. The summed E-state index contributed by atoms with van der Waals surface area (Å²) in [4.78, 5) is 23.3. The molecular formula is C29H34N2O4. The predicted octanol–water partition coefficient (Wildman–Crippen LogP) is 5.81. The number of cyclic esters (lactones) is 2. The van der Waals surface area contributed by atoms with Crippen LogP contribution in [0.5, 0.6) is 0 Å². The predicted molar refractivity (Wildman–Crippen MR) is 138 cm³/mol. The summed E-state index contributed by atoms with van der Waals surface area (Å²) in [7, 11) is 0. The monoisotopic (exact) mass is 474 g/mol. The zero-order valence-electron chi connectivity index (χ0n) is 20.1. The lowest BCUT2D eigenvalue weighted by molar-refractivity contribution is 0.111. The van der Waals surface area contributed by atoms with E-state index in [1.54, 1.807) is 11.0 Å². The topological polar surface area (TPSA) is 67.6 Å². The molecule has 3 aliphatic rings. The molecule has 3 fully saturated rings. The van der Waals surface area contributed by atoms with Gasteiger partial charge in [0.1, 0.15) is 6.61 Å². The van der Waals surface area contributed by atoms with Gasteiger partial charge in [0.15, 0.2) is 0 Å². The smallest absolute Gasteiger partial charge is 0.414 e. The van der Waals surface area contributed by atoms with Crippen LogP contribution < -0.4 is 5.32 Å². The van der Waals surface area contributed by atoms with Crippen LogP contribution in [0.3, 0.4) is 0 Å². The summed E-state index contributed by atoms with van der Waals surface area (Å²) in [6.45, 7) is 8.14. The molecule has 6 heteroatoms. The summed E-state index contributed by atoms with van der Waals surface area (Å²) in [5.74, 6) is 0. The van der Waals surface area contributed by atoms with Gasteiger partial charge in [-0.3, -0.25) is 4.90 Å². The number of carbonyl (C=O) groups excluding carboxylic acids is 2. The number of fused-ring (bicyclic) bond motifs is 1. The molecule has 0 saturated carbocycles. The lowest BCUT2D eigenvalue weighted by Gasteiger charge is -2.09. The van der Waals surface area contributed by atoms with Crippen molar-refractivity contribution in [2.24, 2.45) is 0 Å². The van der Waals surface area contributed by atoms with E-state index < -0.39 is 0 Å². The lowest BCUT2D eigenvalue weighted by Crippen LogP contribution is -2.23. The molecule has 2 aromatic carbocycles. The number of carbonyl (C=O) groups is 2. The van der Waals surface area contributed by atoms with E-state index in [1.807, 2.05) is 18.2 Å². The zero-order chi connectivity index (χ0) is 24.9. The van der Waals surface area contributed by atoms with E-state index >= 15 is 0 Å². The van der Waals surface area contributed by atoms with Gasteiger partial charge in [-0.15, -0.1) is 13.2 Å². The highest BCUT2D eigenvalue weighted by Gasteiger charge is 2.48. The van der Waals surface area contributed by atoms with Crippen LogP contribution in [0.1, 0.15) is 30.4 Å². The second-order valence-electron chi connectivity index (χ2n) is 8.34. The highest BCUT2D eigenvalue weighted by Crippen LogP contribution is 2.39. The maximum Gasteiger partial charge on any atom is 0.414 e. The number of hydrogen-bond donors (Lipinski definition) is 1. The molecule has 0 aliphatic carbocycles. The number of nitrogens with zero attached hydrogens (tertiary/aromatic N) is 1. The number of rotatable bonds is 7. The summed E-state index contributed by atoms with van der Waals surface area (Å²) in [5, 5.41) is 2.52. The van der Waals surface area contributed by atoms with E-state index in [1.165, 1.54) is 11.1 Å². The summed E-state index contributed by atoms with van der Waals surface area (Å²) in [5.41, 5.74) is 3.89. The fourth-order valence-electron chi connectivity index (χ4n) is 3.80. The third-order valence-corrected chi connectivity index (χ3v) is 5.77. The molecule has 2 unspecified atom stereocenters. The van der Waals surface area contributed by atoms with Crippen molar-refractivity contribution in [2.45, 2.75) is 44.2 Å². The van der Waals surface area contributed by atoms with Crippen molar-refractivity contribution in [2.75, 3.05) is 13.2 Å². The fourth-order valence-corrected chi connectivity index (χ4v) is 3.80. The normalized spacial score (nSPS) is 20.6. The molecule has 1 N–H and O–H groups in total. The molecule has 0 bridgehead atoms. The third-order valence-electron chi connectivity index (χ3n) is 5.77. The molecule has 2 aromatic rings. The Balaban J connectivity index is 0.000000162. The summed E-state index contributed by atoms with van der Waals surface area (Å²) in [6, 6.07) is 21.2. The van der Waals surface area contributed by atoms with E-state index in [2.05, 4.69) is 77.8 Å². The minimum atomic E-state index is -0.352. The first-order valence-corrected chi connectivity index (χ1v) is 12.0. The van der Waals surface area contributed by atoms with E-state index in [9.17, 15) is 9.59 Å². The molecule has 0 spiro atoms. The Hall–Kier alpha value is -3.80. The van der Waals surface area contributed by atoms with Gasteiger partial charge in [0, 0.05) is 12.1 Å². The zero-order valence-corrected chi connectivity index (χ0v) is 20.1. The van der Waals surface area contributed by atoms with Crippen LogP contribution in [-0.2, 0) is 22.3 Å². The molecule has 184 valence electrons. The van der Waals surface area contributed by atoms with Crippen molar-refractivity contribution < 1.29 is 19.1 Å². The van der Waals surface area contributed by atoms with Gasteiger partial charge >= 0.3 is 12.2 Å². The van der Waals surface area contributed by atoms with Crippen molar-refractivity contribution in [1.82, 2.24) is 10.2 Å². The number of hydrogen-bond acceptors (Lipinski definition) is 4. The van der Waals surface area contributed by atoms with Crippen molar-refractivity contribution >= 4 is 12.2 Å². The molecular weight excluding hydrogens is 440 g/mol. The highest BCUT2D eigenvalue weighted by atomic mass is 16.6. The van der Waals surface area contributed by atoms with Crippen LogP contribution in [0.15, 0.2) is 97.7 Å². The van der Waals surface area contributed by atoms with Crippen molar-refractivity contribution in [3.63, 3.8) is 0 Å². The third kappa shape index (κ3) is 8.49. The second-order valence-corrected chi connectivity index (χ2v) is 8.34. The molecule has 5 rings (SSSR count). The molecule has 6 nitrogen and oxygen atoms in total. The fraction of sp³-hybridized carbons (Fsp3) is 0.310. The Morgan fingerprint density at radius 2 is 1.54 bits per heavy atom. The molecule has 2 amide bonds. The van der Waals surface area contributed by atoms with Crippen LogP contribution in [0.4, 0.5) is 9.59 Å². The number of alkyl carbamates (subject to hydrolysis) is 1. The quantitative estimate of drug-likeness (QED) is 0.406. The highest BCUT2D eigenvalue weighted by molar-refractivity contribution is 5.77. The van der Waals surface area contributed by atoms with Crippen LogP contribution in [0, 0.1) is 0 Å². The minimum absolute atomic E-state index is 0.0162. The maximum atomic E-state index is 11.3. The lowest BCUT2D eigenvalue weighted by atomic mass is 10.1. The Morgan fingerprint density at radius 3 is 2.03 bits per heavy atom. The average molecular weight is 475 g/mol. The van der Waals surface area contributed by atoms with Crippen LogP contribution >= 0.6 is 0 Å². The largest absolute Gasteiger partial charge is 0.449 e. The number of allylic oxidation sites excluding steroid dienone is 2. The van der Waals surface area contributed by atoms with Gasteiger partial charge in [-0.25, -0.2) is 9.59 Å². The summed E-state index contributed by atoms with van der Waals surface area (Å²) >= 11 is 0. The van der Waals surface area contributed by atoms with Gasteiger partial charge in [-0.2, -0.15) is 0 Å². The number of amides is 2. The molecule has 35 heavy (non-hydrogen) atoms. The van der Waals surface area contributed by atoms with Gasteiger partial charge in [-0.05, 0) is 36.8 Å². The summed E-state index contributed by atoms with van der Waals surface area (Å²) in [6.07, 6.45) is 10.4. The standard InChI is InChI=1S/C14H15NO2.C10H12.C5H7NO2/c16-14-15-12(13(15)9-10-17-14)8-4-7-11-5-2-1-3-6-11;1-2-3-7-10-8-5-4-6-9-10;1-2-4-3-8-5(7)6-4/h1-3,5-6,8,13H,4,7,9-10H2;2,4-6,8-9H,1,3,7H2;2,4H,1,3H2,(H,6,7)/b12-8+;;. The molecule has 0 radical (unpaired) electrons. The van der Waals surface area contributed by atoms with Crippen LogP contribution in [0.2, 0.25) is 0 Å². The average Bonchev–Trinajstić information content (AvgIpc) is 3.45. The minimum Gasteiger partial charge on any atom is -0.449 e. The number of aryl methyl sites for hydroxylation is 2. The van der Waals surface area contributed by atoms with E-state index in [0.29, 0.717) is 19.3 Å². The van der Waals surface area contributed by atoms with Crippen molar-refractivity contribution in [3.8, 4) is 0 Å². The van der Waals surface area contributed by atoms with E-state index in [-0.39, 0.29) is 18.2 Å². The SMILES string of the molecule is C=CC1COC(=O)N1.C=CCCc1ccccc1.O=C1OCCC2/C(=C\CCc3ccccc3)N12. The van der Waals surface area contributed by atoms with Gasteiger partial charge in [0.2, 0.25) is 0 Å². The van der Waals surface area contributed by atoms with Crippen molar-refractivity contribution in [1.29, 1.82) is 0 Å². The number of nitrogens with one attached hydrogen (secondary N) is 1. The van der Waals surface area contributed by atoms with Gasteiger partial charge < -0.3 is 14.8 Å². The first-order chi connectivity index (χ1) is 17.1. The van der Waals surface area contributed by atoms with Gasteiger partial charge in [0.05, 0.1) is 18.7 Å². The molecule has 3 saturated heterocycles. The van der Waals surface area contributed by atoms with Gasteiger partial charge in [-0.1, -0.05) is 78.9 Å². The number of ether oxygens (including phenoxy) is 2. The maximum absolute atomic E-state index is 11.3. The van der Waals surface area contributed by atoms with Crippen molar-refractivity contribution in [3.05, 3.63) is 109 Å². The van der Waals surface area contributed by atoms with Crippen LogP contribution in [0.25, 0.3) is 0 Å². The second kappa shape index (κ2) is 13.8. The van der Waals surface area contributed by atoms with Gasteiger partial charge in [0.25, 0.3) is 0 Å².